The van der Waals surface area contributed by atoms with Crippen molar-refractivity contribution in [2.75, 3.05) is 13.1 Å². The molecule has 2 unspecified atom stereocenters. The number of amides is 3. The Labute approximate surface area is 113 Å². The van der Waals surface area contributed by atoms with E-state index in [1.165, 1.54) is 0 Å². The molecule has 2 N–H and O–H groups in total. The molecule has 3 amide bonds. The molecular weight excluding hydrogens is 246 g/mol. The summed E-state index contributed by atoms with van der Waals surface area (Å²) in [6, 6.07) is 0.248. The standard InChI is InChI=1S/C13H23N3O3/c1-10-5-3-6-11(2)16(10)13(19)12(18)15-8-4-7-14-9-17/h9-11H,3-8H2,1-2H3,(H,14,17)(H,15,18). The second kappa shape index (κ2) is 7.76. The van der Waals surface area contributed by atoms with Gasteiger partial charge in [0.2, 0.25) is 6.41 Å². The Kier molecular flexibility index (Phi) is 6.32. The first-order valence-corrected chi connectivity index (χ1v) is 6.85. The van der Waals surface area contributed by atoms with Crippen LogP contribution in [0.3, 0.4) is 0 Å². The molecule has 0 aromatic rings. The molecule has 0 aliphatic carbocycles. The molecule has 0 radical (unpaired) electrons. The highest BCUT2D eigenvalue weighted by Crippen LogP contribution is 2.22. The summed E-state index contributed by atoms with van der Waals surface area (Å²) in [5, 5.41) is 5.10. The fourth-order valence-corrected chi connectivity index (χ4v) is 2.47. The van der Waals surface area contributed by atoms with Crippen molar-refractivity contribution in [2.24, 2.45) is 0 Å². The number of likely N-dealkylation sites (tertiary alicyclic amines) is 1. The molecule has 1 saturated heterocycles. The normalized spacial score (nSPS) is 22.7. The Morgan fingerprint density at radius 1 is 1.21 bits per heavy atom. The van der Waals surface area contributed by atoms with E-state index in [4.69, 9.17) is 0 Å². The number of hydrogen-bond acceptors (Lipinski definition) is 3. The Hall–Kier alpha value is -1.59. The first-order valence-electron chi connectivity index (χ1n) is 6.85. The summed E-state index contributed by atoms with van der Waals surface area (Å²) in [5.41, 5.74) is 0. The summed E-state index contributed by atoms with van der Waals surface area (Å²) in [4.78, 5) is 35.6. The molecule has 6 heteroatoms. The minimum atomic E-state index is -0.549. The first-order chi connectivity index (χ1) is 9.07. The van der Waals surface area contributed by atoms with Crippen LogP contribution in [-0.4, -0.2) is 48.3 Å². The quantitative estimate of drug-likeness (QED) is 0.420. The highest BCUT2D eigenvalue weighted by Gasteiger charge is 2.32. The lowest BCUT2D eigenvalue weighted by atomic mass is 9.97. The van der Waals surface area contributed by atoms with E-state index in [1.807, 2.05) is 13.8 Å². The molecule has 0 saturated carbocycles. The van der Waals surface area contributed by atoms with Crippen molar-refractivity contribution < 1.29 is 14.4 Å². The van der Waals surface area contributed by atoms with Crippen molar-refractivity contribution in [3.05, 3.63) is 0 Å². The molecule has 108 valence electrons. The van der Waals surface area contributed by atoms with Gasteiger partial charge in [-0.3, -0.25) is 14.4 Å². The van der Waals surface area contributed by atoms with Gasteiger partial charge in [0, 0.05) is 25.2 Å². The van der Waals surface area contributed by atoms with Gasteiger partial charge in [-0.1, -0.05) is 0 Å². The van der Waals surface area contributed by atoms with E-state index in [0.29, 0.717) is 25.9 Å². The Bertz CT molecular complexity index is 323. The van der Waals surface area contributed by atoms with Crippen molar-refractivity contribution in [2.45, 2.75) is 51.6 Å². The molecular formula is C13H23N3O3. The zero-order valence-electron chi connectivity index (χ0n) is 11.6. The Morgan fingerprint density at radius 2 is 1.84 bits per heavy atom. The van der Waals surface area contributed by atoms with E-state index in [0.717, 1.165) is 19.3 Å². The van der Waals surface area contributed by atoms with Crippen molar-refractivity contribution in [1.82, 2.24) is 15.5 Å². The van der Waals surface area contributed by atoms with Gasteiger partial charge in [-0.15, -0.1) is 0 Å². The fourth-order valence-electron chi connectivity index (χ4n) is 2.47. The third-order valence-corrected chi connectivity index (χ3v) is 3.49. The molecule has 0 bridgehead atoms. The van der Waals surface area contributed by atoms with Gasteiger partial charge in [-0.05, 0) is 39.5 Å². The molecule has 19 heavy (non-hydrogen) atoms. The smallest absolute Gasteiger partial charge is 0.312 e. The number of nitrogens with one attached hydrogen (secondary N) is 2. The van der Waals surface area contributed by atoms with Gasteiger partial charge in [-0.25, -0.2) is 0 Å². The molecule has 0 spiro atoms. The van der Waals surface area contributed by atoms with E-state index in [2.05, 4.69) is 10.6 Å². The molecule has 1 fully saturated rings. The Balaban J connectivity index is 2.38. The van der Waals surface area contributed by atoms with E-state index >= 15 is 0 Å². The largest absolute Gasteiger partial charge is 0.359 e. The molecule has 1 aliphatic rings. The number of hydrogen-bond donors (Lipinski definition) is 2. The van der Waals surface area contributed by atoms with Crippen LogP contribution in [0.2, 0.25) is 0 Å². The highest BCUT2D eigenvalue weighted by molar-refractivity contribution is 6.35. The maximum absolute atomic E-state index is 12.1. The Morgan fingerprint density at radius 3 is 2.42 bits per heavy atom. The van der Waals surface area contributed by atoms with Crippen LogP contribution >= 0.6 is 0 Å². The highest BCUT2D eigenvalue weighted by atomic mass is 16.2. The van der Waals surface area contributed by atoms with Gasteiger partial charge in [-0.2, -0.15) is 0 Å². The van der Waals surface area contributed by atoms with Gasteiger partial charge in [0.25, 0.3) is 0 Å². The fraction of sp³-hybridized carbons (Fsp3) is 0.769. The van der Waals surface area contributed by atoms with Crippen molar-refractivity contribution in [1.29, 1.82) is 0 Å². The van der Waals surface area contributed by atoms with Crippen LogP contribution in [0.25, 0.3) is 0 Å². The number of carbonyl (C=O) groups excluding carboxylic acids is 3. The topological polar surface area (TPSA) is 78.5 Å². The van der Waals surface area contributed by atoms with E-state index in [1.54, 1.807) is 4.90 Å². The van der Waals surface area contributed by atoms with Gasteiger partial charge in [0.15, 0.2) is 0 Å². The lowest BCUT2D eigenvalue weighted by Crippen LogP contribution is -2.53. The summed E-state index contributed by atoms with van der Waals surface area (Å²) in [6.07, 6.45) is 4.23. The third kappa shape index (κ3) is 4.54. The monoisotopic (exact) mass is 269 g/mol. The summed E-state index contributed by atoms with van der Waals surface area (Å²) in [7, 11) is 0. The van der Waals surface area contributed by atoms with Crippen LogP contribution < -0.4 is 10.6 Å². The molecule has 0 aromatic carbocycles. The predicted molar refractivity (Wildman–Crippen MR) is 71.3 cm³/mol. The van der Waals surface area contributed by atoms with Crippen LogP contribution in [0, 0.1) is 0 Å². The van der Waals surface area contributed by atoms with Crippen molar-refractivity contribution in [3.63, 3.8) is 0 Å². The van der Waals surface area contributed by atoms with Gasteiger partial charge in [0.05, 0.1) is 0 Å². The van der Waals surface area contributed by atoms with Crippen molar-refractivity contribution in [3.8, 4) is 0 Å². The number of nitrogens with zero attached hydrogens (tertiary/aromatic N) is 1. The molecule has 0 aromatic heterocycles. The first kappa shape index (κ1) is 15.5. The zero-order chi connectivity index (χ0) is 14.3. The summed E-state index contributed by atoms with van der Waals surface area (Å²) in [6.45, 7) is 4.85. The summed E-state index contributed by atoms with van der Waals surface area (Å²) < 4.78 is 0. The minimum Gasteiger partial charge on any atom is -0.359 e. The average Bonchev–Trinajstić information content (AvgIpc) is 2.38. The number of carbonyl (C=O) groups is 3. The SMILES string of the molecule is CC1CCCC(C)N1C(=O)C(=O)NCCCNC=O. The molecule has 1 rings (SSSR count). The molecule has 6 nitrogen and oxygen atoms in total. The maximum Gasteiger partial charge on any atom is 0.312 e. The van der Waals surface area contributed by atoms with Gasteiger partial charge in [0.1, 0.15) is 0 Å². The lowest BCUT2D eigenvalue weighted by molar-refractivity contribution is -0.150. The lowest BCUT2D eigenvalue weighted by Gasteiger charge is -2.38. The zero-order valence-corrected chi connectivity index (χ0v) is 11.6. The average molecular weight is 269 g/mol. The van der Waals surface area contributed by atoms with Crippen molar-refractivity contribution >= 4 is 18.2 Å². The van der Waals surface area contributed by atoms with E-state index in [9.17, 15) is 14.4 Å². The summed E-state index contributed by atoms with van der Waals surface area (Å²) >= 11 is 0. The van der Waals surface area contributed by atoms with Crippen LogP contribution in [0.4, 0.5) is 0 Å². The van der Waals surface area contributed by atoms with Crippen LogP contribution in [0.5, 0.6) is 0 Å². The maximum atomic E-state index is 12.1. The number of piperidine rings is 1. The van der Waals surface area contributed by atoms with Gasteiger partial charge >= 0.3 is 11.8 Å². The van der Waals surface area contributed by atoms with E-state index in [-0.39, 0.29) is 12.1 Å². The third-order valence-electron chi connectivity index (χ3n) is 3.49. The van der Waals surface area contributed by atoms with Crippen LogP contribution in [0.15, 0.2) is 0 Å². The summed E-state index contributed by atoms with van der Waals surface area (Å²) in [5.74, 6) is -0.991. The second-order valence-electron chi connectivity index (χ2n) is 5.02. The van der Waals surface area contributed by atoms with E-state index < -0.39 is 11.8 Å². The molecule has 1 heterocycles. The minimum absolute atomic E-state index is 0.124. The predicted octanol–water partition coefficient (Wildman–Crippen LogP) is 0.0282. The second-order valence-corrected chi connectivity index (χ2v) is 5.02. The van der Waals surface area contributed by atoms with Gasteiger partial charge < -0.3 is 15.5 Å². The van der Waals surface area contributed by atoms with Crippen LogP contribution in [0.1, 0.15) is 39.5 Å². The molecule has 2 atom stereocenters. The van der Waals surface area contributed by atoms with Crippen LogP contribution in [-0.2, 0) is 14.4 Å². The number of rotatable bonds is 5. The molecule has 1 aliphatic heterocycles.